The van der Waals surface area contributed by atoms with Gasteiger partial charge in [-0.05, 0) is 60.8 Å². The molecule has 0 aliphatic heterocycles. The van der Waals surface area contributed by atoms with Crippen molar-refractivity contribution in [3.63, 3.8) is 0 Å². The fourth-order valence-corrected chi connectivity index (χ4v) is 5.23. The van der Waals surface area contributed by atoms with Crippen molar-refractivity contribution in [1.82, 2.24) is 9.97 Å². The third kappa shape index (κ3) is 3.80. The first-order valence-electron chi connectivity index (χ1n) is 10.9. The van der Waals surface area contributed by atoms with Gasteiger partial charge in [0.25, 0.3) is 5.91 Å². The van der Waals surface area contributed by atoms with Crippen molar-refractivity contribution in [2.24, 2.45) is 5.18 Å². The quantitative estimate of drug-likeness (QED) is 0.262. The van der Waals surface area contributed by atoms with E-state index < -0.39 is 0 Å². The number of amides is 1. The molecule has 34 heavy (non-hydrogen) atoms. The number of rotatable bonds is 5. The molecular formula is C27H22N4O2S. The normalized spacial score (nSPS) is 11.0. The summed E-state index contributed by atoms with van der Waals surface area (Å²) >= 11 is 1.51. The average Bonchev–Trinajstić information content (AvgIpc) is 3.40. The number of hydrogen-bond donors (Lipinski definition) is 2. The standard InChI is InChI=1S/C27H22N4O2S/c1-15-12-13-18(17(3)14-15)22-23(27-28-20-10-6-7-11-21(20)34-27)24(29-25(22)31-33)30-26(32)19-9-5-4-8-16(19)2/h4-14,29H,1-3H3,(H,30,32). The highest BCUT2D eigenvalue weighted by atomic mass is 32.1. The molecule has 0 fully saturated rings. The number of fused-ring (bicyclic) bond motifs is 1. The minimum absolute atomic E-state index is 0.154. The summed E-state index contributed by atoms with van der Waals surface area (Å²) in [5.74, 6) is 0.282. The Morgan fingerprint density at radius 1 is 0.941 bits per heavy atom. The number of aryl methyl sites for hydroxylation is 3. The highest BCUT2D eigenvalue weighted by Gasteiger charge is 2.26. The maximum Gasteiger partial charge on any atom is 0.257 e. The van der Waals surface area contributed by atoms with E-state index in [-0.39, 0.29) is 11.7 Å². The van der Waals surface area contributed by atoms with Gasteiger partial charge in [0.2, 0.25) is 0 Å². The van der Waals surface area contributed by atoms with Crippen LogP contribution >= 0.6 is 11.3 Å². The molecule has 2 aromatic heterocycles. The number of anilines is 1. The molecule has 0 radical (unpaired) electrons. The molecule has 0 aliphatic carbocycles. The molecule has 168 valence electrons. The second-order valence-electron chi connectivity index (χ2n) is 8.26. The van der Waals surface area contributed by atoms with Crippen LogP contribution < -0.4 is 5.32 Å². The van der Waals surface area contributed by atoms with Crippen molar-refractivity contribution < 1.29 is 4.79 Å². The monoisotopic (exact) mass is 466 g/mol. The second-order valence-corrected chi connectivity index (χ2v) is 9.29. The van der Waals surface area contributed by atoms with E-state index >= 15 is 0 Å². The van der Waals surface area contributed by atoms with E-state index in [1.54, 1.807) is 6.07 Å². The number of benzene rings is 3. The molecule has 0 spiro atoms. The lowest BCUT2D eigenvalue weighted by Crippen LogP contribution is -2.14. The molecule has 5 aromatic rings. The first-order valence-corrected chi connectivity index (χ1v) is 11.7. The van der Waals surface area contributed by atoms with Crippen LogP contribution in [0.4, 0.5) is 11.6 Å². The molecule has 0 atom stereocenters. The third-order valence-corrected chi connectivity index (χ3v) is 6.91. The zero-order valence-corrected chi connectivity index (χ0v) is 19.8. The zero-order valence-electron chi connectivity index (χ0n) is 19.0. The Bertz CT molecular complexity index is 1530. The lowest BCUT2D eigenvalue weighted by atomic mass is 9.97. The van der Waals surface area contributed by atoms with Crippen LogP contribution in [0.25, 0.3) is 31.9 Å². The molecule has 5 rings (SSSR count). The Kier molecular flexibility index (Phi) is 5.55. The lowest BCUT2D eigenvalue weighted by molar-refractivity contribution is 0.102. The van der Waals surface area contributed by atoms with Crippen LogP contribution in [0.2, 0.25) is 0 Å². The Morgan fingerprint density at radius 3 is 2.44 bits per heavy atom. The molecule has 6 nitrogen and oxygen atoms in total. The molecular weight excluding hydrogens is 444 g/mol. The van der Waals surface area contributed by atoms with Gasteiger partial charge >= 0.3 is 0 Å². The van der Waals surface area contributed by atoms with Gasteiger partial charge < -0.3 is 10.3 Å². The second kappa shape index (κ2) is 8.68. The van der Waals surface area contributed by atoms with Gasteiger partial charge in [-0.3, -0.25) is 4.79 Å². The summed E-state index contributed by atoms with van der Waals surface area (Å²) in [6.07, 6.45) is 0. The van der Waals surface area contributed by atoms with Crippen molar-refractivity contribution in [1.29, 1.82) is 0 Å². The van der Waals surface area contributed by atoms with E-state index in [2.05, 4.69) is 21.5 Å². The van der Waals surface area contributed by atoms with Crippen LogP contribution in [0.3, 0.4) is 0 Å². The van der Waals surface area contributed by atoms with Crippen LogP contribution in [0.15, 0.2) is 71.9 Å². The van der Waals surface area contributed by atoms with E-state index in [1.165, 1.54) is 11.3 Å². The van der Waals surface area contributed by atoms with Gasteiger partial charge in [0.1, 0.15) is 10.8 Å². The molecule has 0 unspecified atom stereocenters. The smallest absolute Gasteiger partial charge is 0.257 e. The van der Waals surface area contributed by atoms with Crippen LogP contribution in [-0.2, 0) is 0 Å². The molecule has 0 saturated heterocycles. The molecule has 1 amide bonds. The van der Waals surface area contributed by atoms with Gasteiger partial charge in [-0.1, -0.05) is 54.1 Å². The van der Waals surface area contributed by atoms with Crippen molar-refractivity contribution in [3.8, 4) is 21.7 Å². The maximum atomic E-state index is 13.2. The minimum atomic E-state index is -0.272. The Labute approximate surface area is 200 Å². The van der Waals surface area contributed by atoms with Gasteiger partial charge in [0.15, 0.2) is 5.82 Å². The van der Waals surface area contributed by atoms with Crippen molar-refractivity contribution >= 4 is 39.1 Å². The van der Waals surface area contributed by atoms with E-state index in [9.17, 15) is 9.70 Å². The minimum Gasteiger partial charge on any atom is -0.322 e. The predicted molar refractivity (Wildman–Crippen MR) is 139 cm³/mol. The van der Waals surface area contributed by atoms with Crippen molar-refractivity contribution in [2.75, 3.05) is 5.32 Å². The summed E-state index contributed by atoms with van der Waals surface area (Å²) in [5.41, 5.74) is 6.54. The largest absolute Gasteiger partial charge is 0.322 e. The van der Waals surface area contributed by atoms with Gasteiger partial charge in [-0.15, -0.1) is 16.2 Å². The summed E-state index contributed by atoms with van der Waals surface area (Å²) in [6, 6.07) is 21.3. The van der Waals surface area contributed by atoms with Crippen LogP contribution in [0, 0.1) is 25.7 Å². The third-order valence-electron chi connectivity index (χ3n) is 5.86. The molecule has 2 heterocycles. The number of para-hydroxylation sites is 1. The fourth-order valence-electron chi connectivity index (χ4n) is 4.21. The molecule has 0 aliphatic rings. The van der Waals surface area contributed by atoms with E-state index in [0.717, 1.165) is 32.5 Å². The van der Waals surface area contributed by atoms with Crippen molar-refractivity contribution in [2.45, 2.75) is 20.8 Å². The topological polar surface area (TPSA) is 87.2 Å². The first-order chi connectivity index (χ1) is 16.5. The van der Waals surface area contributed by atoms with Gasteiger partial charge in [-0.2, -0.15) is 0 Å². The number of aromatic amines is 1. The number of aromatic nitrogens is 2. The number of nitrogens with one attached hydrogen (secondary N) is 2. The number of nitroso groups, excluding NO2 is 1. The predicted octanol–water partition coefficient (Wildman–Crippen LogP) is 7.53. The molecule has 3 aromatic carbocycles. The van der Waals surface area contributed by atoms with Gasteiger partial charge in [0.05, 0.1) is 15.8 Å². The number of thiazole rings is 1. The highest BCUT2D eigenvalue weighted by Crippen LogP contribution is 2.47. The van der Waals surface area contributed by atoms with E-state index in [0.29, 0.717) is 27.5 Å². The van der Waals surface area contributed by atoms with Crippen LogP contribution in [0.5, 0.6) is 0 Å². The maximum absolute atomic E-state index is 13.2. The Morgan fingerprint density at radius 2 is 1.71 bits per heavy atom. The number of hydrogen-bond acceptors (Lipinski definition) is 5. The molecule has 0 saturated carbocycles. The van der Waals surface area contributed by atoms with Crippen LogP contribution in [-0.4, -0.2) is 15.9 Å². The van der Waals surface area contributed by atoms with Gasteiger partial charge in [-0.25, -0.2) is 4.98 Å². The molecule has 0 bridgehead atoms. The lowest BCUT2D eigenvalue weighted by Gasteiger charge is -2.10. The average molecular weight is 467 g/mol. The van der Waals surface area contributed by atoms with Crippen LogP contribution in [0.1, 0.15) is 27.0 Å². The summed E-state index contributed by atoms with van der Waals surface area (Å²) in [4.78, 5) is 33.0. The fraction of sp³-hybridized carbons (Fsp3) is 0.111. The highest BCUT2D eigenvalue weighted by molar-refractivity contribution is 7.21. The van der Waals surface area contributed by atoms with E-state index in [4.69, 9.17) is 4.98 Å². The van der Waals surface area contributed by atoms with Crippen molar-refractivity contribution in [3.05, 3.63) is 93.9 Å². The molecule has 7 heteroatoms. The summed E-state index contributed by atoms with van der Waals surface area (Å²) in [5, 5.41) is 6.96. The summed E-state index contributed by atoms with van der Waals surface area (Å²) < 4.78 is 1.02. The first kappa shape index (κ1) is 21.7. The zero-order chi connectivity index (χ0) is 23.8. The van der Waals surface area contributed by atoms with E-state index in [1.807, 2.05) is 75.4 Å². The Balaban J connectivity index is 1.74. The SMILES string of the molecule is Cc1ccc(-c2c(N=O)[nH]c(NC(=O)c3ccccc3C)c2-c2nc3ccccc3s2)c(C)c1. The van der Waals surface area contributed by atoms with Gasteiger partial charge in [0, 0.05) is 11.1 Å². The number of H-pyrrole nitrogens is 1. The summed E-state index contributed by atoms with van der Waals surface area (Å²) in [6.45, 7) is 5.91. The Hall–Kier alpha value is -4.10. The molecule has 2 N–H and O–H groups in total. The number of nitrogens with zero attached hydrogens (tertiary/aromatic N) is 2. The number of carbonyl (C=O) groups excluding carboxylic acids is 1. The summed E-state index contributed by atoms with van der Waals surface area (Å²) in [7, 11) is 0. The number of carbonyl (C=O) groups is 1.